The fraction of sp³-hybridized carbons (Fsp3) is 0.609. The van der Waals surface area contributed by atoms with Crippen molar-refractivity contribution in [2.24, 2.45) is 5.92 Å². The van der Waals surface area contributed by atoms with Crippen molar-refractivity contribution in [3.63, 3.8) is 0 Å². The van der Waals surface area contributed by atoms with Crippen LogP contribution in [0.2, 0.25) is 0 Å². The van der Waals surface area contributed by atoms with Gasteiger partial charge in [-0.2, -0.15) is 0 Å². The van der Waals surface area contributed by atoms with E-state index >= 15 is 0 Å². The summed E-state index contributed by atoms with van der Waals surface area (Å²) in [5.41, 5.74) is 2.82. The highest BCUT2D eigenvalue weighted by molar-refractivity contribution is 5.78. The van der Waals surface area contributed by atoms with Gasteiger partial charge in [0.2, 0.25) is 5.91 Å². The third-order valence-corrected chi connectivity index (χ3v) is 5.69. The fourth-order valence-corrected chi connectivity index (χ4v) is 3.73. The number of carbonyl (C=O) groups is 1. The number of ether oxygens (including phenoxy) is 1. The molecule has 0 radical (unpaired) electrons. The molecule has 0 atom stereocenters. The Kier molecular flexibility index (Phi) is 6.72. The second-order valence-corrected chi connectivity index (χ2v) is 8.84. The number of likely N-dealkylation sites (tertiary alicyclic amines) is 1. The minimum absolute atomic E-state index is 0.197. The minimum atomic E-state index is 0.197. The minimum Gasteiger partial charge on any atom is -0.379 e. The van der Waals surface area contributed by atoms with Crippen molar-refractivity contribution < 1.29 is 9.53 Å². The van der Waals surface area contributed by atoms with Crippen molar-refractivity contribution in [3.8, 4) is 0 Å². The maximum atomic E-state index is 12.5. The van der Waals surface area contributed by atoms with Crippen LogP contribution in [0.3, 0.4) is 0 Å². The Bertz CT molecular complexity index is 631. The standard InChI is InChI=1S/C23H34N2O2/c1-23(2,3)21-8-6-19(7-9-21)4-5-20-10-12-25(13-11-20)22(26)18-24-14-16-27-17-15-24/h4-9,20H,10-18H2,1-3H3. The van der Waals surface area contributed by atoms with E-state index in [0.29, 0.717) is 12.5 Å². The molecule has 148 valence electrons. The Hall–Kier alpha value is -1.65. The molecule has 2 fully saturated rings. The van der Waals surface area contributed by atoms with Gasteiger partial charge in [-0.1, -0.05) is 57.2 Å². The van der Waals surface area contributed by atoms with Crippen LogP contribution in [-0.4, -0.2) is 61.6 Å². The molecule has 0 aromatic heterocycles. The van der Waals surface area contributed by atoms with E-state index in [0.717, 1.165) is 52.2 Å². The van der Waals surface area contributed by atoms with Crippen LogP contribution in [-0.2, 0) is 14.9 Å². The van der Waals surface area contributed by atoms with E-state index in [-0.39, 0.29) is 11.3 Å². The molecular formula is C23H34N2O2. The van der Waals surface area contributed by atoms with Crippen molar-refractivity contribution in [1.82, 2.24) is 9.80 Å². The van der Waals surface area contributed by atoms with Gasteiger partial charge in [0, 0.05) is 26.2 Å². The van der Waals surface area contributed by atoms with Crippen LogP contribution in [0, 0.1) is 5.92 Å². The van der Waals surface area contributed by atoms with Gasteiger partial charge in [-0.25, -0.2) is 0 Å². The van der Waals surface area contributed by atoms with E-state index in [1.807, 2.05) is 4.90 Å². The molecule has 4 heteroatoms. The quantitative estimate of drug-likeness (QED) is 0.812. The molecule has 0 spiro atoms. The molecule has 0 saturated carbocycles. The molecule has 2 saturated heterocycles. The average Bonchev–Trinajstić information content (AvgIpc) is 2.67. The van der Waals surface area contributed by atoms with Crippen LogP contribution in [0.25, 0.3) is 6.08 Å². The molecule has 0 bridgehead atoms. The van der Waals surface area contributed by atoms with Crippen molar-refractivity contribution >= 4 is 12.0 Å². The van der Waals surface area contributed by atoms with Gasteiger partial charge < -0.3 is 9.64 Å². The first kappa shape index (κ1) is 20.1. The van der Waals surface area contributed by atoms with Gasteiger partial charge in [0.15, 0.2) is 0 Å². The highest BCUT2D eigenvalue weighted by atomic mass is 16.5. The number of carbonyl (C=O) groups excluding carboxylic acids is 1. The predicted octanol–water partition coefficient (Wildman–Crippen LogP) is 3.57. The van der Waals surface area contributed by atoms with E-state index in [1.54, 1.807) is 0 Å². The van der Waals surface area contributed by atoms with Crippen molar-refractivity contribution in [2.45, 2.75) is 39.0 Å². The molecule has 0 N–H and O–H groups in total. The van der Waals surface area contributed by atoms with Gasteiger partial charge >= 0.3 is 0 Å². The lowest BCUT2D eigenvalue weighted by atomic mass is 9.86. The van der Waals surface area contributed by atoms with Gasteiger partial charge in [-0.05, 0) is 35.3 Å². The van der Waals surface area contributed by atoms with Crippen LogP contribution >= 0.6 is 0 Å². The van der Waals surface area contributed by atoms with Crippen LogP contribution in [0.1, 0.15) is 44.7 Å². The summed E-state index contributed by atoms with van der Waals surface area (Å²) in [6, 6.07) is 8.87. The Morgan fingerprint density at radius 3 is 2.30 bits per heavy atom. The van der Waals surface area contributed by atoms with Crippen LogP contribution in [0.5, 0.6) is 0 Å². The van der Waals surface area contributed by atoms with E-state index in [2.05, 4.69) is 62.1 Å². The zero-order chi connectivity index (χ0) is 19.3. The summed E-state index contributed by atoms with van der Waals surface area (Å²) in [5, 5.41) is 0. The van der Waals surface area contributed by atoms with Gasteiger partial charge in [-0.15, -0.1) is 0 Å². The Labute approximate surface area is 164 Å². The van der Waals surface area contributed by atoms with Crippen molar-refractivity contribution in [1.29, 1.82) is 0 Å². The zero-order valence-electron chi connectivity index (χ0n) is 17.1. The molecule has 2 aliphatic heterocycles. The molecule has 0 unspecified atom stereocenters. The molecule has 0 aliphatic carbocycles. The molecule has 2 heterocycles. The first-order chi connectivity index (χ1) is 12.9. The summed E-state index contributed by atoms with van der Waals surface area (Å²) >= 11 is 0. The summed E-state index contributed by atoms with van der Waals surface area (Å²) in [5.74, 6) is 0.844. The molecule has 1 aromatic carbocycles. The number of amides is 1. The lowest BCUT2D eigenvalue weighted by molar-refractivity contribution is -0.134. The number of hydrogen-bond acceptors (Lipinski definition) is 3. The molecular weight excluding hydrogens is 336 g/mol. The first-order valence-electron chi connectivity index (χ1n) is 10.3. The van der Waals surface area contributed by atoms with Gasteiger partial charge in [0.25, 0.3) is 0 Å². The van der Waals surface area contributed by atoms with Gasteiger partial charge in [0.05, 0.1) is 19.8 Å². The van der Waals surface area contributed by atoms with Crippen LogP contribution < -0.4 is 0 Å². The van der Waals surface area contributed by atoms with E-state index in [4.69, 9.17) is 4.74 Å². The number of hydrogen-bond donors (Lipinski definition) is 0. The normalized spacial score (nSPS) is 20.3. The lowest BCUT2D eigenvalue weighted by Gasteiger charge is -2.33. The zero-order valence-corrected chi connectivity index (χ0v) is 17.1. The van der Waals surface area contributed by atoms with Crippen molar-refractivity contribution in [2.75, 3.05) is 45.9 Å². The lowest BCUT2D eigenvalue weighted by Crippen LogP contribution is -2.46. The molecule has 1 aromatic rings. The number of nitrogens with zero attached hydrogens (tertiary/aromatic N) is 2. The van der Waals surface area contributed by atoms with Crippen LogP contribution in [0.4, 0.5) is 0 Å². The molecule has 2 aliphatic rings. The highest BCUT2D eigenvalue weighted by Gasteiger charge is 2.23. The Morgan fingerprint density at radius 1 is 1.07 bits per heavy atom. The third-order valence-electron chi connectivity index (χ3n) is 5.69. The first-order valence-corrected chi connectivity index (χ1v) is 10.3. The molecule has 1 amide bonds. The Morgan fingerprint density at radius 2 is 1.70 bits per heavy atom. The van der Waals surface area contributed by atoms with Gasteiger partial charge in [0.1, 0.15) is 0 Å². The maximum Gasteiger partial charge on any atom is 0.236 e. The summed E-state index contributed by atoms with van der Waals surface area (Å²) in [6.07, 6.45) is 6.69. The summed E-state index contributed by atoms with van der Waals surface area (Å²) in [6.45, 7) is 12.3. The number of piperidine rings is 1. The highest BCUT2D eigenvalue weighted by Crippen LogP contribution is 2.24. The largest absolute Gasteiger partial charge is 0.379 e. The fourth-order valence-electron chi connectivity index (χ4n) is 3.73. The van der Waals surface area contributed by atoms with Crippen molar-refractivity contribution in [3.05, 3.63) is 41.5 Å². The average molecular weight is 371 g/mol. The number of allylic oxidation sites excluding steroid dienone is 1. The van der Waals surface area contributed by atoms with E-state index in [1.165, 1.54) is 11.1 Å². The van der Waals surface area contributed by atoms with Gasteiger partial charge in [-0.3, -0.25) is 9.69 Å². The number of morpholine rings is 1. The van der Waals surface area contributed by atoms with Crippen LogP contribution in [0.15, 0.2) is 30.3 Å². The third kappa shape index (κ3) is 5.91. The Balaban J connectivity index is 1.44. The topological polar surface area (TPSA) is 32.8 Å². The number of rotatable bonds is 4. The summed E-state index contributed by atoms with van der Waals surface area (Å²) in [4.78, 5) is 16.7. The predicted molar refractivity (Wildman–Crippen MR) is 111 cm³/mol. The summed E-state index contributed by atoms with van der Waals surface area (Å²) in [7, 11) is 0. The summed E-state index contributed by atoms with van der Waals surface area (Å²) < 4.78 is 5.35. The van der Waals surface area contributed by atoms with E-state index < -0.39 is 0 Å². The second-order valence-electron chi connectivity index (χ2n) is 8.84. The molecule has 27 heavy (non-hydrogen) atoms. The monoisotopic (exact) mass is 370 g/mol. The maximum absolute atomic E-state index is 12.5. The second kappa shape index (κ2) is 9.03. The van der Waals surface area contributed by atoms with E-state index in [9.17, 15) is 4.79 Å². The number of benzene rings is 1. The molecule has 3 rings (SSSR count). The SMILES string of the molecule is CC(C)(C)c1ccc(C=CC2CCN(C(=O)CN3CCOCC3)CC2)cc1. The smallest absolute Gasteiger partial charge is 0.236 e. The molecule has 4 nitrogen and oxygen atoms in total.